The number of hydrogen-bond acceptors (Lipinski definition) is 5. The van der Waals surface area contributed by atoms with E-state index in [-0.39, 0.29) is 23.4 Å². The van der Waals surface area contributed by atoms with Crippen molar-refractivity contribution in [1.29, 1.82) is 0 Å². The van der Waals surface area contributed by atoms with Gasteiger partial charge in [0.1, 0.15) is 6.10 Å². The molecule has 2 fully saturated rings. The maximum absolute atomic E-state index is 12.5. The Labute approximate surface area is 153 Å². The number of H-pyrrole nitrogens is 1. The van der Waals surface area contributed by atoms with Gasteiger partial charge in [0.25, 0.3) is 5.91 Å². The van der Waals surface area contributed by atoms with Crippen LogP contribution in [0.3, 0.4) is 0 Å². The lowest BCUT2D eigenvalue weighted by atomic mass is 9.76. The van der Waals surface area contributed by atoms with E-state index in [0.29, 0.717) is 18.5 Å². The molecule has 1 aromatic heterocycles. The first kappa shape index (κ1) is 16.5. The van der Waals surface area contributed by atoms with E-state index < -0.39 is 0 Å². The molecule has 3 heterocycles. The third kappa shape index (κ3) is 3.04. The molecule has 1 unspecified atom stereocenters. The van der Waals surface area contributed by atoms with Gasteiger partial charge in [-0.05, 0) is 54.0 Å². The first-order valence-corrected chi connectivity index (χ1v) is 9.19. The van der Waals surface area contributed by atoms with Gasteiger partial charge in [0.05, 0.1) is 23.7 Å². The van der Waals surface area contributed by atoms with Crippen molar-refractivity contribution in [1.82, 2.24) is 20.8 Å². The number of aromatic amines is 1. The SMILES string of the molecule is O=C(NCC1CC2(CCNCC2)C(=O)O1)c1cc(Br)c2[nH]ncc2c1. The number of halogens is 1. The summed E-state index contributed by atoms with van der Waals surface area (Å²) in [6.45, 7) is 2.01. The topological polar surface area (TPSA) is 96.1 Å². The summed E-state index contributed by atoms with van der Waals surface area (Å²) >= 11 is 3.44. The van der Waals surface area contributed by atoms with Crippen LogP contribution in [0.15, 0.2) is 22.8 Å². The molecule has 8 heteroatoms. The molecule has 1 amide bonds. The highest BCUT2D eigenvalue weighted by atomic mass is 79.9. The van der Waals surface area contributed by atoms with E-state index in [1.807, 2.05) is 0 Å². The number of piperidine rings is 1. The fourth-order valence-electron chi connectivity index (χ4n) is 3.72. The molecule has 3 N–H and O–H groups in total. The molecule has 0 aliphatic carbocycles. The first-order chi connectivity index (χ1) is 12.1. The predicted molar refractivity (Wildman–Crippen MR) is 95.2 cm³/mol. The molecule has 132 valence electrons. The number of benzene rings is 1. The number of aromatic nitrogens is 2. The molecule has 1 spiro atoms. The van der Waals surface area contributed by atoms with Crippen LogP contribution in [-0.2, 0) is 9.53 Å². The maximum atomic E-state index is 12.5. The van der Waals surface area contributed by atoms with Gasteiger partial charge < -0.3 is 15.4 Å². The highest BCUT2D eigenvalue weighted by Crippen LogP contribution is 2.41. The molecule has 2 aromatic rings. The Hall–Kier alpha value is -1.93. The fourth-order valence-corrected chi connectivity index (χ4v) is 4.28. The second kappa shape index (κ2) is 6.42. The zero-order valence-electron chi connectivity index (χ0n) is 13.6. The highest BCUT2D eigenvalue weighted by Gasteiger charge is 2.49. The number of nitrogens with zero attached hydrogens (tertiary/aromatic N) is 1. The molecule has 25 heavy (non-hydrogen) atoms. The van der Waals surface area contributed by atoms with Crippen LogP contribution in [0.1, 0.15) is 29.6 Å². The molecular formula is C17H19BrN4O3. The zero-order valence-corrected chi connectivity index (χ0v) is 15.2. The number of carbonyl (C=O) groups is 2. The Morgan fingerprint density at radius 1 is 1.40 bits per heavy atom. The largest absolute Gasteiger partial charge is 0.460 e. The van der Waals surface area contributed by atoms with Crippen LogP contribution in [0.4, 0.5) is 0 Å². The number of nitrogens with one attached hydrogen (secondary N) is 3. The number of amides is 1. The smallest absolute Gasteiger partial charge is 0.312 e. The van der Waals surface area contributed by atoms with Gasteiger partial charge in [-0.1, -0.05) is 0 Å². The van der Waals surface area contributed by atoms with Crippen molar-refractivity contribution in [2.45, 2.75) is 25.4 Å². The molecule has 1 aromatic carbocycles. The Balaban J connectivity index is 1.41. The van der Waals surface area contributed by atoms with Crippen LogP contribution in [0.2, 0.25) is 0 Å². The number of esters is 1. The van der Waals surface area contributed by atoms with Gasteiger partial charge in [0.2, 0.25) is 0 Å². The molecule has 0 saturated carbocycles. The van der Waals surface area contributed by atoms with E-state index in [4.69, 9.17) is 4.74 Å². The molecular weight excluding hydrogens is 388 g/mol. The summed E-state index contributed by atoms with van der Waals surface area (Å²) in [4.78, 5) is 24.7. The van der Waals surface area contributed by atoms with Crippen molar-refractivity contribution in [3.05, 3.63) is 28.4 Å². The standard InChI is InChI=1S/C17H19BrN4O3/c18-13-6-10(5-11-8-21-22-14(11)13)15(23)20-9-12-7-17(16(24)25-12)1-3-19-4-2-17/h5-6,8,12,19H,1-4,7,9H2,(H,20,23)(H,21,22). The predicted octanol–water partition coefficient (Wildman–Crippen LogP) is 1.74. The van der Waals surface area contributed by atoms with E-state index in [0.717, 1.165) is 41.3 Å². The van der Waals surface area contributed by atoms with Crippen molar-refractivity contribution < 1.29 is 14.3 Å². The number of carbonyl (C=O) groups excluding carboxylic acids is 2. The van der Waals surface area contributed by atoms with Crippen molar-refractivity contribution in [3.63, 3.8) is 0 Å². The summed E-state index contributed by atoms with van der Waals surface area (Å²) in [6.07, 6.45) is 3.71. The lowest BCUT2D eigenvalue weighted by Gasteiger charge is -2.29. The maximum Gasteiger partial charge on any atom is 0.312 e. The first-order valence-electron chi connectivity index (χ1n) is 8.40. The minimum atomic E-state index is -0.362. The average Bonchev–Trinajstić information content (AvgIpc) is 3.19. The van der Waals surface area contributed by atoms with Crippen LogP contribution in [0.5, 0.6) is 0 Å². The molecule has 2 aliphatic heterocycles. The van der Waals surface area contributed by atoms with Crippen molar-refractivity contribution in [3.8, 4) is 0 Å². The van der Waals surface area contributed by atoms with Gasteiger partial charge in [-0.15, -0.1) is 0 Å². The van der Waals surface area contributed by atoms with Crippen LogP contribution in [0, 0.1) is 5.41 Å². The second-order valence-corrected chi connectivity index (χ2v) is 7.62. The lowest BCUT2D eigenvalue weighted by Crippen LogP contribution is -2.39. The van der Waals surface area contributed by atoms with E-state index >= 15 is 0 Å². The Morgan fingerprint density at radius 2 is 2.20 bits per heavy atom. The molecule has 1 atom stereocenters. The Kier molecular flexibility index (Phi) is 4.24. The molecule has 2 aliphatic rings. The lowest BCUT2D eigenvalue weighted by molar-refractivity contribution is -0.149. The van der Waals surface area contributed by atoms with Crippen molar-refractivity contribution in [2.75, 3.05) is 19.6 Å². The molecule has 0 bridgehead atoms. The van der Waals surface area contributed by atoms with Crippen molar-refractivity contribution in [2.24, 2.45) is 5.41 Å². The second-order valence-electron chi connectivity index (χ2n) is 6.76. The van der Waals surface area contributed by atoms with Crippen LogP contribution >= 0.6 is 15.9 Å². The normalized spacial score (nSPS) is 22.3. The fraction of sp³-hybridized carbons (Fsp3) is 0.471. The van der Waals surface area contributed by atoms with Crippen LogP contribution < -0.4 is 10.6 Å². The summed E-state index contributed by atoms with van der Waals surface area (Å²) in [5.74, 6) is -0.304. The molecule has 2 saturated heterocycles. The Bertz CT molecular complexity index is 828. The van der Waals surface area contributed by atoms with E-state index in [9.17, 15) is 9.59 Å². The summed E-state index contributed by atoms with van der Waals surface area (Å²) < 4.78 is 6.30. The quantitative estimate of drug-likeness (QED) is 0.674. The van der Waals surface area contributed by atoms with E-state index in [1.165, 1.54) is 0 Å². The zero-order chi connectivity index (χ0) is 17.4. The van der Waals surface area contributed by atoms with Gasteiger partial charge >= 0.3 is 5.97 Å². The summed E-state index contributed by atoms with van der Waals surface area (Å²) in [5, 5.41) is 13.9. The molecule has 4 rings (SSSR count). The number of hydrogen-bond donors (Lipinski definition) is 3. The minimum absolute atomic E-state index is 0.115. The van der Waals surface area contributed by atoms with Gasteiger partial charge in [-0.3, -0.25) is 14.7 Å². The molecule has 7 nitrogen and oxygen atoms in total. The third-order valence-electron chi connectivity index (χ3n) is 5.14. The summed E-state index contributed by atoms with van der Waals surface area (Å²) in [5.41, 5.74) is 1.04. The van der Waals surface area contributed by atoms with E-state index in [1.54, 1.807) is 18.3 Å². The van der Waals surface area contributed by atoms with E-state index in [2.05, 4.69) is 36.8 Å². The average molecular weight is 407 g/mol. The van der Waals surface area contributed by atoms with Crippen molar-refractivity contribution >= 4 is 38.7 Å². The Morgan fingerprint density at radius 3 is 3.00 bits per heavy atom. The van der Waals surface area contributed by atoms with Gasteiger partial charge in [-0.25, -0.2) is 0 Å². The summed E-state index contributed by atoms with van der Waals surface area (Å²) in [6, 6.07) is 3.54. The minimum Gasteiger partial charge on any atom is -0.460 e. The highest BCUT2D eigenvalue weighted by molar-refractivity contribution is 9.10. The monoisotopic (exact) mass is 406 g/mol. The van der Waals surface area contributed by atoms with Gasteiger partial charge in [0.15, 0.2) is 0 Å². The number of fused-ring (bicyclic) bond motifs is 1. The third-order valence-corrected chi connectivity index (χ3v) is 5.76. The number of rotatable bonds is 3. The van der Waals surface area contributed by atoms with Crippen LogP contribution in [0.25, 0.3) is 10.9 Å². The molecule has 0 radical (unpaired) electrons. The van der Waals surface area contributed by atoms with Gasteiger partial charge in [0, 0.05) is 21.8 Å². The van der Waals surface area contributed by atoms with Crippen LogP contribution in [-0.4, -0.2) is 47.8 Å². The summed E-state index contributed by atoms with van der Waals surface area (Å²) in [7, 11) is 0. The number of ether oxygens (including phenoxy) is 1. The van der Waals surface area contributed by atoms with Gasteiger partial charge in [-0.2, -0.15) is 5.10 Å². The number of cyclic esters (lactones) is 1.